The number of nitrogens with zero attached hydrogens (tertiary/aromatic N) is 3. The van der Waals surface area contributed by atoms with Gasteiger partial charge in [-0.25, -0.2) is 10.8 Å². The zero-order valence-corrected chi connectivity index (χ0v) is 8.70. The van der Waals surface area contributed by atoms with E-state index in [0.717, 1.165) is 25.3 Å². The van der Waals surface area contributed by atoms with Gasteiger partial charge in [0.05, 0.1) is 0 Å². The largest absolute Gasteiger partial charge is 0.357 e. The number of nitrogens with one attached hydrogen (secondary N) is 1. The molecule has 0 aromatic carbocycles. The van der Waals surface area contributed by atoms with E-state index in [9.17, 15) is 0 Å². The normalized spacial score (nSPS) is 9.93. The minimum absolute atomic E-state index is 0.456. The van der Waals surface area contributed by atoms with E-state index in [1.54, 1.807) is 6.20 Å². The first-order chi connectivity index (χ1) is 6.81. The van der Waals surface area contributed by atoms with Crippen molar-refractivity contribution >= 4 is 11.8 Å². The van der Waals surface area contributed by atoms with E-state index in [-0.39, 0.29) is 0 Å². The average molecular weight is 195 g/mol. The van der Waals surface area contributed by atoms with Crippen LogP contribution in [0.15, 0.2) is 12.3 Å². The second-order valence-corrected chi connectivity index (χ2v) is 2.96. The van der Waals surface area contributed by atoms with E-state index >= 15 is 0 Å². The third-order valence-corrected chi connectivity index (χ3v) is 1.97. The molecule has 0 fully saturated rings. The standard InChI is InChI=1S/C9H17N5/c1-3-7-14(4-2)8-5-6-11-9(12-8)13-10/h5-6H,3-4,7,10H2,1-2H3,(H,11,12,13). The fourth-order valence-electron chi connectivity index (χ4n) is 1.30. The van der Waals surface area contributed by atoms with Crippen LogP contribution in [0.2, 0.25) is 0 Å². The second kappa shape index (κ2) is 5.39. The Labute approximate surface area is 84.3 Å². The summed E-state index contributed by atoms with van der Waals surface area (Å²) in [4.78, 5) is 10.4. The summed E-state index contributed by atoms with van der Waals surface area (Å²) in [6.07, 6.45) is 2.80. The summed E-state index contributed by atoms with van der Waals surface area (Å²) in [6.45, 7) is 6.19. The van der Waals surface area contributed by atoms with E-state index in [0.29, 0.717) is 5.95 Å². The minimum Gasteiger partial charge on any atom is -0.357 e. The third kappa shape index (κ3) is 2.56. The summed E-state index contributed by atoms with van der Waals surface area (Å²) in [5.74, 6) is 6.61. The third-order valence-electron chi connectivity index (χ3n) is 1.97. The van der Waals surface area contributed by atoms with Gasteiger partial charge in [0.15, 0.2) is 0 Å². The molecule has 1 heterocycles. The summed E-state index contributed by atoms with van der Waals surface area (Å²) in [5, 5.41) is 0. The number of anilines is 2. The maximum atomic E-state index is 5.24. The van der Waals surface area contributed by atoms with Gasteiger partial charge in [0.25, 0.3) is 0 Å². The fourth-order valence-corrected chi connectivity index (χ4v) is 1.30. The Morgan fingerprint density at radius 1 is 1.50 bits per heavy atom. The molecule has 78 valence electrons. The molecule has 0 aliphatic rings. The summed E-state index contributed by atoms with van der Waals surface area (Å²) < 4.78 is 0. The molecule has 0 aliphatic carbocycles. The fraction of sp³-hybridized carbons (Fsp3) is 0.556. The van der Waals surface area contributed by atoms with Crippen molar-refractivity contribution < 1.29 is 0 Å². The van der Waals surface area contributed by atoms with Crippen LogP contribution in [0.1, 0.15) is 20.3 Å². The first kappa shape index (κ1) is 10.7. The quantitative estimate of drug-likeness (QED) is 0.542. The Morgan fingerprint density at radius 2 is 2.29 bits per heavy atom. The van der Waals surface area contributed by atoms with Crippen molar-refractivity contribution in [3.05, 3.63) is 12.3 Å². The summed E-state index contributed by atoms with van der Waals surface area (Å²) in [6, 6.07) is 1.89. The first-order valence-corrected chi connectivity index (χ1v) is 4.86. The number of hydrogen-bond donors (Lipinski definition) is 2. The van der Waals surface area contributed by atoms with Gasteiger partial charge in [-0.15, -0.1) is 0 Å². The maximum absolute atomic E-state index is 5.24. The van der Waals surface area contributed by atoms with Crippen LogP contribution in [0.3, 0.4) is 0 Å². The van der Waals surface area contributed by atoms with Crippen LogP contribution < -0.4 is 16.2 Å². The highest BCUT2D eigenvalue weighted by atomic mass is 15.3. The highest BCUT2D eigenvalue weighted by molar-refractivity contribution is 5.41. The zero-order chi connectivity index (χ0) is 10.4. The smallest absolute Gasteiger partial charge is 0.239 e. The number of hydrazine groups is 1. The van der Waals surface area contributed by atoms with Crippen molar-refractivity contribution in [1.82, 2.24) is 9.97 Å². The number of nitrogen functional groups attached to an aromatic ring is 1. The van der Waals surface area contributed by atoms with Gasteiger partial charge < -0.3 is 4.90 Å². The van der Waals surface area contributed by atoms with Crippen molar-refractivity contribution in [2.24, 2.45) is 5.84 Å². The van der Waals surface area contributed by atoms with E-state index in [2.05, 4.69) is 34.1 Å². The molecule has 0 radical (unpaired) electrons. The highest BCUT2D eigenvalue weighted by Gasteiger charge is 2.04. The molecular formula is C9H17N5. The van der Waals surface area contributed by atoms with Gasteiger partial charge >= 0.3 is 0 Å². The van der Waals surface area contributed by atoms with Crippen molar-refractivity contribution in [3.63, 3.8) is 0 Å². The molecule has 14 heavy (non-hydrogen) atoms. The Bertz CT molecular complexity index is 276. The van der Waals surface area contributed by atoms with Crippen molar-refractivity contribution in [3.8, 4) is 0 Å². The van der Waals surface area contributed by atoms with Crippen molar-refractivity contribution in [2.75, 3.05) is 23.4 Å². The van der Waals surface area contributed by atoms with Crippen LogP contribution in [0.4, 0.5) is 11.8 Å². The van der Waals surface area contributed by atoms with Crippen LogP contribution in [0, 0.1) is 0 Å². The Morgan fingerprint density at radius 3 is 2.86 bits per heavy atom. The summed E-state index contributed by atoms with van der Waals surface area (Å²) in [5.41, 5.74) is 2.44. The lowest BCUT2D eigenvalue weighted by atomic mass is 10.4. The molecule has 0 saturated carbocycles. The van der Waals surface area contributed by atoms with Crippen molar-refractivity contribution in [2.45, 2.75) is 20.3 Å². The topological polar surface area (TPSA) is 67.1 Å². The molecule has 0 amide bonds. The van der Waals surface area contributed by atoms with Crippen LogP contribution in [0.5, 0.6) is 0 Å². The van der Waals surface area contributed by atoms with Crippen LogP contribution in [-0.2, 0) is 0 Å². The van der Waals surface area contributed by atoms with Gasteiger partial charge in [-0.2, -0.15) is 4.98 Å². The molecular weight excluding hydrogens is 178 g/mol. The average Bonchev–Trinajstić information content (AvgIpc) is 2.26. The molecule has 1 rings (SSSR count). The lowest BCUT2D eigenvalue weighted by Crippen LogP contribution is -2.25. The van der Waals surface area contributed by atoms with Crippen LogP contribution in [-0.4, -0.2) is 23.1 Å². The van der Waals surface area contributed by atoms with Crippen molar-refractivity contribution in [1.29, 1.82) is 0 Å². The molecule has 0 saturated heterocycles. The SMILES string of the molecule is CCCN(CC)c1ccnc(NN)n1. The Hall–Kier alpha value is -1.36. The molecule has 1 aromatic rings. The maximum Gasteiger partial charge on any atom is 0.239 e. The van der Waals surface area contributed by atoms with Crippen LogP contribution >= 0.6 is 0 Å². The minimum atomic E-state index is 0.456. The van der Waals surface area contributed by atoms with Gasteiger partial charge in [0.1, 0.15) is 5.82 Å². The molecule has 5 nitrogen and oxygen atoms in total. The molecule has 0 aliphatic heterocycles. The van der Waals surface area contributed by atoms with E-state index in [1.807, 2.05) is 6.07 Å². The van der Waals surface area contributed by atoms with Gasteiger partial charge in [-0.1, -0.05) is 6.92 Å². The predicted molar refractivity (Wildman–Crippen MR) is 58.0 cm³/mol. The van der Waals surface area contributed by atoms with Gasteiger partial charge in [0, 0.05) is 19.3 Å². The second-order valence-electron chi connectivity index (χ2n) is 2.96. The zero-order valence-electron chi connectivity index (χ0n) is 8.70. The molecule has 0 bridgehead atoms. The van der Waals surface area contributed by atoms with E-state index in [1.165, 1.54) is 0 Å². The lowest BCUT2D eigenvalue weighted by Gasteiger charge is -2.20. The number of rotatable bonds is 5. The first-order valence-electron chi connectivity index (χ1n) is 4.86. The van der Waals surface area contributed by atoms with Gasteiger partial charge in [0.2, 0.25) is 5.95 Å². The lowest BCUT2D eigenvalue weighted by molar-refractivity contribution is 0.776. The monoisotopic (exact) mass is 195 g/mol. The molecule has 5 heteroatoms. The molecule has 0 atom stereocenters. The molecule has 0 unspecified atom stereocenters. The van der Waals surface area contributed by atoms with E-state index < -0.39 is 0 Å². The number of hydrogen-bond acceptors (Lipinski definition) is 5. The Kier molecular flexibility index (Phi) is 4.12. The molecule has 1 aromatic heterocycles. The van der Waals surface area contributed by atoms with Gasteiger partial charge in [-0.3, -0.25) is 5.43 Å². The number of nitrogens with two attached hydrogens (primary N) is 1. The van der Waals surface area contributed by atoms with Crippen LogP contribution in [0.25, 0.3) is 0 Å². The molecule has 3 N–H and O–H groups in total. The molecule has 0 spiro atoms. The highest BCUT2D eigenvalue weighted by Crippen LogP contribution is 2.11. The summed E-state index contributed by atoms with van der Waals surface area (Å²) >= 11 is 0. The van der Waals surface area contributed by atoms with Gasteiger partial charge in [-0.05, 0) is 19.4 Å². The Balaban J connectivity index is 2.80. The summed E-state index contributed by atoms with van der Waals surface area (Å²) in [7, 11) is 0. The van der Waals surface area contributed by atoms with E-state index in [4.69, 9.17) is 5.84 Å². The predicted octanol–water partition coefficient (Wildman–Crippen LogP) is 0.998. The number of aromatic nitrogens is 2.